The number of carbonyl (C=O) groups is 1. The van der Waals surface area contributed by atoms with Crippen molar-refractivity contribution in [1.82, 2.24) is 9.38 Å². The second-order valence-corrected chi connectivity index (χ2v) is 4.60. The number of ether oxygens (including phenoxy) is 1. The molecule has 0 aliphatic heterocycles. The highest BCUT2D eigenvalue weighted by molar-refractivity contribution is 7.99. The zero-order valence-electron chi connectivity index (χ0n) is 9.84. The van der Waals surface area contributed by atoms with Gasteiger partial charge in [-0.05, 0) is 24.8 Å². The molecule has 0 N–H and O–H groups in total. The van der Waals surface area contributed by atoms with Gasteiger partial charge in [-0.25, -0.2) is 9.78 Å². The Morgan fingerprint density at radius 1 is 1.47 bits per heavy atom. The Morgan fingerprint density at radius 3 is 3.00 bits per heavy atom. The zero-order valence-corrected chi connectivity index (χ0v) is 10.7. The Hall–Kier alpha value is -1.49. The van der Waals surface area contributed by atoms with Crippen LogP contribution in [0, 0.1) is 0 Å². The first-order valence-corrected chi connectivity index (χ1v) is 6.53. The average molecular weight is 250 g/mol. The summed E-state index contributed by atoms with van der Waals surface area (Å²) >= 11 is 1.55. The van der Waals surface area contributed by atoms with Crippen LogP contribution < -0.4 is 0 Å². The predicted octanol–water partition coefficient (Wildman–Crippen LogP) is 2.62. The van der Waals surface area contributed by atoms with Crippen LogP contribution in [0.5, 0.6) is 0 Å². The van der Waals surface area contributed by atoms with E-state index in [1.807, 2.05) is 31.3 Å². The molecule has 2 aromatic rings. The molecule has 0 atom stereocenters. The van der Waals surface area contributed by atoms with Crippen LogP contribution in [-0.2, 0) is 4.74 Å². The third-order valence-corrected chi connectivity index (χ3v) is 3.09. The van der Waals surface area contributed by atoms with E-state index in [2.05, 4.69) is 4.98 Å². The maximum Gasteiger partial charge on any atom is 0.358 e. The average Bonchev–Trinajstić information content (AvgIpc) is 2.67. The maximum absolute atomic E-state index is 11.9. The van der Waals surface area contributed by atoms with E-state index in [1.54, 1.807) is 23.1 Å². The van der Waals surface area contributed by atoms with Crippen LogP contribution in [0.2, 0.25) is 0 Å². The van der Waals surface area contributed by atoms with Crippen LogP contribution in [0.1, 0.15) is 24.3 Å². The molecule has 0 aliphatic carbocycles. The number of esters is 1. The second kappa shape index (κ2) is 5.23. The molecule has 0 saturated carbocycles. The highest BCUT2D eigenvalue weighted by Gasteiger charge is 2.19. The highest BCUT2D eigenvalue weighted by atomic mass is 32.2. The highest BCUT2D eigenvalue weighted by Crippen LogP contribution is 2.23. The fourth-order valence-corrected chi connectivity index (χ4v) is 2.35. The molecule has 5 heteroatoms. The number of fused-ring (bicyclic) bond motifs is 1. The van der Waals surface area contributed by atoms with Gasteiger partial charge in [-0.1, -0.05) is 13.0 Å². The van der Waals surface area contributed by atoms with Crippen molar-refractivity contribution in [2.24, 2.45) is 0 Å². The third-order valence-electron chi connectivity index (χ3n) is 2.25. The number of carbonyl (C=O) groups excluding carboxylic acids is 1. The fraction of sp³-hybridized carbons (Fsp3) is 0.333. The van der Waals surface area contributed by atoms with E-state index in [-0.39, 0.29) is 5.97 Å². The van der Waals surface area contributed by atoms with E-state index >= 15 is 0 Å². The van der Waals surface area contributed by atoms with Crippen molar-refractivity contribution in [3.05, 3.63) is 30.1 Å². The normalized spacial score (nSPS) is 10.7. The number of imidazole rings is 1. The number of aromatic nitrogens is 2. The lowest BCUT2D eigenvalue weighted by molar-refractivity contribution is 0.0513. The molecule has 0 saturated heterocycles. The fourth-order valence-electron chi connectivity index (χ4n) is 1.60. The number of pyridine rings is 1. The van der Waals surface area contributed by atoms with Crippen molar-refractivity contribution in [3.63, 3.8) is 0 Å². The lowest BCUT2D eigenvalue weighted by Gasteiger charge is -2.03. The van der Waals surface area contributed by atoms with Crippen LogP contribution in [-0.4, -0.2) is 27.7 Å². The summed E-state index contributed by atoms with van der Waals surface area (Å²) < 4.78 is 6.84. The van der Waals surface area contributed by atoms with Gasteiger partial charge in [0.1, 0.15) is 10.7 Å². The molecule has 0 spiro atoms. The van der Waals surface area contributed by atoms with Gasteiger partial charge in [0.2, 0.25) is 0 Å². The molecule has 17 heavy (non-hydrogen) atoms. The summed E-state index contributed by atoms with van der Waals surface area (Å²) in [7, 11) is 0. The molecule has 2 heterocycles. The topological polar surface area (TPSA) is 43.6 Å². The van der Waals surface area contributed by atoms with Gasteiger partial charge in [-0.15, -0.1) is 11.8 Å². The van der Waals surface area contributed by atoms with Crippen LogP contribution in [0.4, 0.5) is 0 Å². The van der Waals surface area contributed by atoms with Crippen LogP contribution in [0.15, 0.2) is 29.4 Å². The third kappa shape index (κ3) is 2.29. The minimum absolute atomic E-state index is 0.317. The smallest absolute Gasteiger partial charge is 0.358 e. The minimum atomic E-state index is -0.317. The summed E-state index contributed by atoms with van der Waals surface area (Å²) in [5.41, 5.74) is 1.29. The number of thioether (sulfide) groups is 1. The van der Waals surface area contributed by atoms with Crippen molar-refractivity contribution in [1.29, 1.82) is 0 Å². The molecule has 90 valence electrons. The molecule has 4 nitrogen and oxygen atoms in total. The molecule has 0 bridgehead atoms. The summed E-state index contributed by atoms with van der Waals surface area (Å²) in [6.07, 6.45) is 1.83. The number of rotatable bonds is 4. The lowest BCUT2D eigenvalue weighted by atomic mass is 10.4. The number of hydrogen-bond donors (Lipinski definition) is 0. The van der Waals surface area contributed by atoms with Gasteiger partial charge < -0.3 is 4.74 Å². The van der Waals surface area contributed by atoms with E-state index in [0.717, 1.165) is 16.4 Å². The predicted molar refractivity (Wildman–Crippen MR) is 67.5 cm³/mol. The monoisotopic (exact) mass is 250 g/mol. The van der Waals surface area contributed by atoms with E-state index in [1.165, 1.54) is 0 Å². The Bertz CT molecular complexity index is 536. The Balaban J connectivity index is 2.55. The van der Waals surface area contributed by atoms with Gasteiger partial charge in [0.25, 0.3) is 0 Å². The van der Waals surface area contributed by atoms with Crippen molar-refractivity contribution in [2.75, 3.05) is 12.4 Å². The lowest BCUT2D eigenvalue weighted by Crippen LogP contribution is -2.09. The van der Waals surface area contributed by atoms with E-state index < -0.39 is 0 Å². The first-order chi connectivity index (χ1) is 8.27. The van der Waals surface area contributed by atoms with E-state index in [9.17, 15) is 4.79 Å². The zero-order chi connectivity index (χ0) is 12.3. The quantitative estimate of drug-likeness (QED) is 0.618. The molecular weight excluding hydrogens is 236 g/mol. The van der Waals surface area contributed by atoms with Gasteiger partial charge in [-0.2, -0.15) is 0 Å². The molecule has 2 aromatic heterocycles. The molecule has 0 aromatic carbocycles. The SMILES string of the molecule is CCOC(=O)c1c(SCC)nc2ccccn12. The van der Waals surface area contributed by atoms with E-state index in [0.29, 0.717) is 12.3 Å². The molecule has 0 fully saturated rings. The molecular formula is C12H14N2O2S. The van der Waals surface area contributed by atoms with Crippen molar-refractivity contribution < 1.29 is 9.53 Å². The summed E-state index contributed by atoms with van der Waals surface area (Å²) in [5, 5.41) is 0.733. The van der Waals surface area contributed by atoms with Gasteiger partial charge in [-0.3, -0.25) is 4.40 Å². The first-order valence-electron chi connectivity index (χ1n) is 5.55. The molecule has 0 unspecified atom stereocenters. The maximum atomic E-state index is 11.9. The summed E-state index contributed by atoms with van der Waals surface area (Å²) in [6.45, 7) is 4.20. The summed E-state index contributed by atoms with van der Waals surface area (Å²) in [4.78, 5) is 16.3. The Kier molecular flexibility index (Phi) is 3.68. The largest absolute Gasteiger partial charge is 0.461 e. The number of hydrogen-bond acceptors (Lipinski definition) is 4. The molecule has 0 aliphatic rings. The van der Waals surface area contributed by atoms with Gasteiger partial charge in [0.15, 0.2) is 5.69 Å². The van der Waals surface area contributed by atoms with Crippen molar-refractivity contribution in [2.45, 2.75) is 18.9 Å². The van der Waals surface area contributed by atoms with Gasteiger partial charge in [0, 0.05) is 6.20 Å². The molecule has 2 rings (SSSR count). The standard InChI is InChI=1S/C12H14N2O2S/c1-3-16-12(15)10-11(17-4-2)13-9-7-5-6-8-14(9)10/h5-8H,3-4H2,1-2H3. The van der Waals surface area contributed by atoms with E-state index in [4.69, 9.17) is 4.74 Å². The molecule has 0 radical (unpaired) electrons. The minimum Gasteiger partial charge on any atom is -0.461 e. The van der Waals surface area contributed by atoms with Crippen molar-refractivity contribution in [3.8, 4) is 0 Å². The van der Waals surface area contributed by atoms with Crippen molar-refractivity contribution >= 4 is 23.4 Å². The van der Waals surface area contributed by atoms with Gasteiger partial charge in [0.05, 0.1) is 6.61 Å². The summed E-state index contributed by atoms with van der Waals surface area (Å²) in [5.74, 6) is 0.554. The van der Waals surface area contributed by atoms with Gasteiger partial charge >= 0.3 is 5.97 Å². The van der Waals surface area contributed by atoms with Crippen LogP contribution in [0.3, 0.4) is 0 Å². The number of nitrogens with zero attached hydrogens (tertiary/aromatic N) is 2. The first kappa shape index (κ1) is 12.0. The Labute approximate surface area is 104 Å². The molecule has 0 amide bonds. The Morgan fingerprint density at radius 2 is 2.29 bits per heavy atom. The summed E-state index contributed by atoms with van der Waals surface area (Å²) in [6, 6.07) is 5.65. The second-order valence-electron chi connectivity index (χ2n) is 3.35. The van der Waals surface area contributed by atoms with Crippen LogP contribution in [0.25, 0.3) is 5.65 Å². The van der Waals surface area contributed by atoms with Crippen LogP contribution >= 0.6 is 11.8 Å².